The van der Waals surface area contributed by atoms with Crippen molar-refractivity contribution >= 4 is 5.97 Å². The molecule has 26 heavy (non-hydrogen) atoms. The van der Waals surface area contributed by atoms with E-state index >= 15 is 0 Å². The zero-order chi connectivity index (χ0) is 19.4. The highest BCUT2D eigenvalue weighted by Gasteiger charge is 2.57. The van der Waals surface area contributed by atoms with Gasteiger partial charge >= 0.3 is 5.97 Å². The molecule has 2 rings (SSSR count). The molecule has 0 spiro atoms. The summed E-state index contributed by atoms with van der Waals surface area (Å²) in [5.41, 5.74) is 0.332. The predicted octanol–water partition coefficient (Wildman–Crippen LogP) is 3.91. The Balaban J connectivity index is 2.58. The Morgan fingerprint density at radius 1 is 1.23 bits per heavy atom. The van der Waals surface area contributed by atoms with E-state index in [9.17, 15) is 4.79 Å². The van der Waals surface area contributed by atoms with Crippen LogP contribution >= 0.6 is 0 Å². The highest BCUT2D eigenvalue weighted by atomic mass is 16.6. The maximum absolute atomic E-state index is 12.5. The molecule has 0 aliphatic carbocycles. The molecule has 1 aromatic carbocycles. The van der Waals surface area contributed by atoms with Crippen LogP contribution in [0.4, 0.5) is 0 Å². The number of esters is 1. The van der Waals surface area contributed by atoms with Crippen LogP contribution in [0.2, 0.25) is 0 Å². The van der Waals surface area contributed by atoms with Crippen molar-refractivity contribution in [2.45, 2.75) is 59.1 Å². The zero-order valence-electron chi connectivity index (χ0n) is 17.4. The highest BCUT2D eigenvalue weighted by Crippen LogP contribution is 2.51. The van der Waals surface area contributed by atoms with Crippen LogP contribution in [0.15, 0.2) is 30.3 Å². The lowest BCUT2D eigenvalue weighted by Gasteiger charge is -2.57. The summed E-state index contributed by atoms with van der Waals surface area (Å²) in [5, 5.41) is 0. The Kier molecular flexibility index (Phi) is 6.86. The lowest BCUT2D eigenvalue weighted by Crippen LogP contribution is -2.63. The topological polar surface area (TPSA) is 32.8 Å². The molecular formula is C22H36N2O2. The third-order valence-electron chi connectivity index (χ3n) is 6.19. The van der Waals surface area contributed by atoms with Crippen molar-refractivity contribution in [3.63, 3.8) is 0 Å². The van der Waals surface area contributed by atoms with Crippen LogP contribution in [0.5, 0.6) is 0 Å². The predicted molar refractivity (Wildman–Crippen MR) is 107 cm³/mol. The van der Waals surface area contributed by atoms with Crippen LogP contribution in [-0.4, -0.2) is 55.0 Å². The van der Waals surface area contributed by atoms with Gasteiger partial charge in [-0.2, -0.15) is 0 Å². The van der Waals surface area contributed by atoms with E-state index in [0.29, 0.717) is 12.5 Å². The quantitative estimate of drug-likeness (QED) is 0.690. The van der Waals surface area contributed by atoms with E-state index < -0.39 is 5.60 Å². The van der Waals surface area contributed by atoms with Crippen molar-refractivity contribution in [2.75, 3.05) is 33.2 Å². The molecule has 1 aromatic rings. The molecule has 4 nitrogen and oxygen atoms in total. The lowest BCUT2D eigenvalue weighted by atomic mass is 9.63. The normalized spacial score (nSPS) is 29.7. The van der Waals surface area contributed by atoms with Crippen molar-refractivity contribution in [1.82, 2.24) is 9.80 Å². The van der Waals surface area contributed by atoms with Crippen LogP contribution in [0.25, 0.3) is 0 Å². The Bertz CT molecular complexity index is 587. The van der Waals surface area contributed by atoms with Gasteiger partial charge in [-0.05, 0) is 32.6 Å². The van der Waals surface area contributed by atoms with Gasteiger partial charge in [0.05, 0.1) is 0 Å². The summed E-state index contributed by atoms with van der Waals surface area (Å²) >= 11 is 0. The van der Waals surface area contributed by atoms with Crippen molar-refractivity contribution in [1.29, 1.82) is 0 Å². The van der Waals surface area contributed by atoms with E-state index in [0.717, 1.165) is 38.2 Å². The molecule has 0 N–H and O–H groups in total. The zero-order valence-corrected chi connectivity index (χ0v) is 17.4. The largest absolute Gasteiger partial charge is 0.453 e. The number of piperidine rings is 1. The van der Waals surface area contributed by atoms with Gasteiger partial charge in [-0.25, -0.2) is 0 Å². The Morgan fingerprint density at radius 2 is 1.85 bits per heavy atom. The number of ether oxygens (including phenoxy) is 1. The number of hydrogen-bond donors (Lipinski definition) is 0. The number of carbonyl (C=O) groups excluding carboxylic acids is 1. The van der Waals surface area contributed by atoms with Crippen LogP contribution in [0.3, 0.4) is 0 Å². The van der Waals surface area contributed by atoms with Gasteiger partial charge in [0.2, 0.25) is 0 Å². The maximum Gasteiger partial charge on any atom is 0.306 e. The molecule has 3 atom stereocenters. The van der Waals surface area contributed by atoms with Gasteiger partial charge in [0, 0.05) is 37.4 Å². The summed E-state index contributed by atoms with van der Waals surface area (Å²) < 4.78 is 6.35. The van der Waals surface area contributed by atoms with Crippen molar-refractivity contribution in [2.24, 2.45) is 5.41 Å². The monoisotopic (exact) mass is 360 g/mol. The Labute approximate surface area is 159 Å². The second-order valence-corrected chi connectivity index (χ2v) is 8.01. The standard InChI is InChI=1S/C22H36N2O2/c1-7-20(25)26-22(19-13-11-10-12-14-19)15-18(4)23(6)16-21(22,5)17-24(8-2)9-3/h10-14,18H,7-9,15-17H2,1-6H3. The minimum atomic E-state index is -0.601. The van der Waals surface area contributed by atoms with Gasteiger partial charge < -0.3 is 14.5 Å². The molecule has 1 heterocycles. The van der Waals surface area contributed by atoms with Crippen LogP contribution in [0, 0.1) is 5.41 Å². The molecule has 1 fully saturated rings. The number of rotatable bonds is 7. The fourth-order valence-corrected chi connectivity index (χ4v) is 4.43. The average molecular weight is 361 g/mol. The van der Waals surface area contributed by atoms with Crippen LogP contribution in [0.1, 0.15) is 53.0 Å². The summed E-state index contributed by atoms with van der Waals surface area (Å²) in [6.07, 6.45) is 1.22. The van der Waals surface area contributed by atoms with E-state index in [1.54, 1.807) is 0 Å². The van der Waals surface area contributed by atoms with Gasteiger partial charge in [0.25, 0.3) is 0 Å². The van der Waals surface area contributed by atoms with Gasteiger partial charge in [-0.3, -0.25) is 4.79 Å². The first-order valence-electron chi connectivity index (χ1n) is 10.0. The first-order chi connectivity index (χ1) is 12.3. The van der Waals surface area contributed by atoms with Crippen LogP contribution in [-0.2, 0) is 15.1 Å². The number of benzene rings is 1. The summed E-state index contributed by atoms with van der Waals surface area (Å²) in [5.74, 6) is -0.114. The van der Waals surface area contributed by atoms with Gasteiger partial charge in [-0.1, -0.05) is 58.0 Å². The number of carbonyl (C=O) groups is 1. The van der Waals surface area contributed by atoms with E-state index in [2.05, 4.69) is 68.8 Å². The van der Waals surface area contributed by atoms with Crippen molar-refractivity contribution in [3.8, 4) is 0 Å². The molecule has 1 aliphatic rings. The second-order valence-electron chi connectivity index (χ2n) is 8.01. The molecule has 0 radical (unpaired) electrons. The Hall–Kier alpha value is -1.39. The molecule has 146 valence electrons. The van der Waals surface area contributed by atoms with Gasteiger partial charge in [0.1, 0.15) is 5.60 Å². The Morgan fingerprint density at radius 3 is 2.38 bits per heavy atom. The van der Waals surface area contributed by atoms with Gasteiger partial charge in [0.15, 0.2) is 0 Å². The van der Waals surface area contributed by atoms with Gasteiger partial charge in [-0.15, -0.1) is 0 Å². The molecule has 1 saturated heterocycles. The first kappa shape index (κ1) is 20.9. The van der Waals surface area contributed by atoms with Crippen molar-refractivity contribution in [3.05, 3.63) is 35.9 Å². The summed E-state index contributed by atoms with van der Waals surface area (Å²) in [6, 6.07) is 10.7. The first-order valence-corrected chi connectivity index (χ1v) is 10.0. The summed E-state index contributed by atoms with van der Waals surface area (Å²) in [7, 11) is 2.18. The minimum Gasteiger partial charge on any atom is -0.453 e. The minimum absolute atomic E-state index is 0.114. The molecule has 0 amide bonds. The average Bonchev–Trinajstić information content (AvgIpc) is 2.64. The summed E-state index contributed by atoms with van der Waals surface area (Å²) in [4.78, 5) is 17.4. The van der Waals surface area contributed by atoms with E-state index in [4.69, 9.17) is 4.74 Å². The third-order valence-corrected chi connectivity index (χ3v) is 6.19. The fourth-order valence-electron chi connectivity index (χ4n) is 4.43. The van der Waals surface area contributed by atoms with E-state index in [1.807, 2.05) is 13.0 Å². The fraction of sp³-hybridized carbons (Fsp3) is 0.682. The molecule has 3 unspecified atom stereocenters. The van der Waals surface area contributed by atoms with E-state index in [1.165, 1.54) is 0 Å². The molecule has 4 heteroatoms. The van der Waals surface area contributed by atoms with Crippen molar-refractivity contribution < 1.29 is 9.53 Å². The smallest absolute Gasteiger partial charge is 0.306 e. The lowest BCUT2D eigenvalue weighted by molar-refractivity contribution is -0.201. The highest BCUT2D eigenvalue weighted by molar-refractivity contribution is 5.70. The molecule has 1 aliphatic heterocycles. The molecule has 0 bridgehead atoms. The third kappa shape index (κ3) is 3.96. The SMILES string of the molecule is CCC(=O)OC1(c2ccccc2)CC(C)N(C)CC1(C)CN(CC)CC. The number of hydrogen-bond acceptors (Lipinski definition) is 4. The maximum atomic E-state index is 12.5. The second kappa shape index (κ2) is 8.53. The molecule has 0 saturated carbocycles. The number of nitrogens with zero attached hydrogens (tertiary/aromatic N) is 2. The number of likely N-dealkylation sites (tertiary alicyclic amines) is 1. The van der Waals surface area contributed by atoms with E-state index in [-0.39, 0.29) is 11.4 Å². The van der Waals surface area contributed by atoms with Crippen LogP contribution < -0.4 is 0 Å². The molecule has 0 aromatic heterocycles. The molecular weight excluding hydrogens is 324 g/mol. The summed E-state index contributed by atoms with van der Waals surface area (Å²) in [6.45, 7) is 14.6.